The Morgan fingerprint density at radius 2 is 1.46 bits per heavy atom. The zero-order chi connectivity index (χ0) is 27.7. The van der Waals surface area contributed by atoms with E-state index in [0.717, 1.165) is 31.4 Å². The van der Waals surface area contributed by atoms with E-state index < -0.39 is 12.5 Å². The number of quaternary nitrogens is 1. The molecule has 1 aromatic carbocycles. The fourth-order valence-corrected chi connectivity index (χ4v) is 5.34. The van der Waals surface area contributed by atoms with Gasteiger partial charge in [0.25, 0.3) is 5.69 Å². The Morgan fingerprint density at radius 3 is 1.95 bits per heavy atom. The number of amides is 1. The molecule has 1 N–H and O–H groups in total. The van der Waals surface area contributed by atoms with Crippen molar-refractivity contribution in [1.29, 1.82) is 0 Å². The van der Waals surface area contributed by atoms with E-state index in [-0.39, 0.29) is 35.6 Å². The molecular weight excluding hydrogens is 493 g/mol. The van der Waals surface area contributed by atoms with Gasteiger partial charge in [0, 0.05) is 18.6 Å². The number of nitro benzene ring substituents is 1. The molecule has 0 bridgehead atoms. The Hall–Kier alpha value is -1.96. The lowest BCUT2D eigenvalue weighted by Gasteiger charge is -2.30. The van der Waals surface area contributed by atoms with E-state index in [1.165, 1.54) is 63.9 Å². The summed E-state index contributed by atoms with van der Waals surface area (Å²) in [6, 6.07) is 3.52. The van der Waals surface area contributed by atoms with Crippen molar-refractivity contribution in [3.8, 4) is 5.75 Å². The van der Waals surface area contributed by atoms with Crippen LogP contribution in [0.5, 0.6) is 5.75 Å². The standard InChI is InChI=1S/C27H48N3O6P/c1-5-6-7-8-9-10-11-12-13-14-15-16-17-18-27(31)28-25-23-24(29(32)33)19-20-26(25)36-37(34,35)22-21-30(2,3)4/h19-20,23H,5-18,21-22H2,1-4H3,(H-,28,31,34,35). The first kappa shape index (κ1) is 33.1. The summed E-state index contributed by atoms with van der Waals surface area (Å²) in [6.45, 7) is 2.58. The molecule has 0 saturated heterocycles. The fourth-order valence-electron chi connectivity index (χ4n) is 3.94. The number of benzene rings is 1. The van der Waals surface area contributed by atoms with Gasteiger partial charge in [0.2, 0.25) is 5.91 Å². The highest BCUT2D eigenvalue weighted by Gasteiger charge is 2.20. The van der Waals surface area contributed by atoms with Gasteiger partial charge in [-0.1, -0.05) is 84.0 Å². The largest absolute Gasteiger partial charge is 0.769 e. The molecule has 0 aliphatic rings. The summed E-state index contributed by atoms with van der Waals surface area (Å²) in [5.41, 5.74) is -0.258. The lowest BCUT2D eigenvalue weighted by atomic mass is 10.0. The van der Waals surface area contributed by atoms with Crippen LogP contribution < -0.4 is 14.7 Å². The third kappa shape index (κ3) is 16.5. The maximum absolute atomic E-state index is 12.5. The van der Waals surface area contributed by atoms with Crippen molar-refractivity contribution < 1.29 is 28.2 Å². The van der Waals surface area contributed by atoms with Crippen molar-refractivity contribution in [2.45, 2.75) is 96.8 Å². The number of hydrogen-bond donors (Lipinski definition) is 1. The second kappa shape index (κ2) is 17.5. The lowest BCUT2D eigenvalue weighted by Crippen LogP contribution is -2.38. The molecule has 0 fully saturated rings. The van der Waals surface area contributed by atoms with Crippen LogP contribution in [0.3, 0.4) is 0 Å². The van der Waals surface area contributed by atoms with E-state index in [9.17, 15) is 24.4 Å². The molecule has 0 spiro atoms. The van der Waals surface area contributed by atoms with Crippen LogP contribution in [0.15, 0.2) is 18.2 Å². The van der Waals surface area contributed by atoms with E-state index in [1.54, 1.807) is 0 Å². The van der Waals surface area contributed by atoms with Gasteiger partial charge in [0.05, 0.1) is 44.5 Å². The van der Waals surface area contributed by atoms with Crippen molar-refractivity contribution in [3.05, 3.63) is 28.3 Å². The molecule has 0 saturated carbocycles. The molecule has 37 heavy (non-hydrogen) atoms. The van der Waals surface area contributed by atoms with Crippen LogP contribution in [0, 0.1) is 10.1 Å². The molecule has 10 heteroatoms. The number of unbranched alkanes of at least 4 members (excludes halogenated alkanes) is 12. The van der Waals surface area contributed by atoms with E-state index in [2.05, 4.69) is 12.2 Å². The van der Waals surface area contributed by atoms with Gasteiger partial charge in [-0.3, -0.25) is 19.5 Å². The van der Waals surface area contributed by atoms with Crippen LogP contribution in [-0.4, -0.2) is 49.2 Å². The number of nitrogens with one attached hydrogen (secondary N) is 1. The number of nitro groups is 1. The van der Waals surface area contributed by atoms with Gasteiger partial charge in [0.15, 0.2) is 7.60 Å². The minimum absolute atomic E-state index is 0.00443. The topological polar surface area (TPSA) is 122 Å². The molecule has 0 aliphatic carbocycles. The van der Waals surface area contributed by atoms with Crippen molar-refractivity contribution >= 4 is 24.9 Å². The Bertz CT molecular complexity index is 872. The Morgan fingerprint density at radius 1 is 0.946 bits per heavy atom. The van der Waals surface area contributed by atoms with E-state index in [0.29, 0.717) is 17.4 Å². The van der Waals surface area contributed by atoms with Crippen LogP contribution in [0.1, 0.15) is 96.8 Å². The molecule has 1 aromatic rings. The van der Waals surface area contributed by atoms with Gasteiger partial charge in [0.1, 0.15) is 5.75 Å². The molecule has 0 aliphatic heterocycles. The molecule has 1 unspecified atom stereocenters. The fraction of sp³-hybridized carbons (Fsp3) is 0.741. The molecule has 9 nitrogen and oxygen atoms in total. The zero-order valence-corrected chi connectivity index (χ0v) is 24.2. The minimum atomic E-state index is -4.26. The predicted octanol–water partition coefficient (Wildman–Crippen LogP) is 6.65. The highest BCUT2D eigenvalue weighted by atomic mass is 31.2. The van der Waals surface area contributed by atoms with Crippen LogP contribution in [0.25, 0.3) is 0 Å². The molecule has 0 aromatic heterocycles. The van der Waals surface area contributed by atoms with Crippen molar-refractivity contribution in [2.75, 3.05) is 39.2 Å². The van der Waals surface area contributed by atoms with Crippen molar-refractivity contribution in [1.82, 2.24) is 0 Å². The van der Waals surface area contributed by atoms with Crippen LogP contribution in [0.4, 0.5) is 11.4 Å². The molecule has 212 valence electrons. The summed E-state index contributed by atoms with van der Waals surface area (Å²) in [6.07, 6.45) is 15.7. The molecule has 1 atom stereocenters. The summed E-state index contributed by atoms with van der Waals surface area (Å²) in [4.78, 5) is 35.5. The smallest absolute Gasteiger partial charge is 0.271 e. The first-order chi connectivity index (χ1) is 17.4. The van der Waals surface area contributed by atoms with Gasteiger partial charge in [-0.15, -0.1) is 0 Å². The second-order valence-corrected chi connectivity index (χ2v) is 12.8. The molecule has 1 amide bonds. The molecular formula is C27H48N3O6P. The van der Waals surface area contributed by atoms with Crippen molar-refractivity contribution in [2.24, 2.45) is 0 Å². The van der Waals surface area contributed by atoms with Gasteiger partial charge in [-0.05, 0) is 12.5 Å². The Balaban J connectivity index is 2.43. The first-order valence-electron chi connectivity index (χ1n) is 13.8. The van der Waals surface area contributed by atoms with E-state index in [4.69, 9.17) is 4.52 Å². The van der Waals surface area contributed by atoms with Gasteiger partial charge >= 0.3 is 0 Å². The number of carbonyl (C=O) groups is 1. The molecule has 1 rings (SSSR count). The second-order valence-electron chi connectivity index (χ2n) is 10.9. The summed E-state index contributed by atoms with van der Waals surface area (Å²) in [7, 11) is 1.35. The quantitative estimate of drug-likeness (QED) is 0.0611. The highest BCUT2D eigenvalue weighted by molar-refractivity contribution is 7.51. The Labute approximate surface area is 223 Å². The summed E-state index contributed by atoms with van der Waals surface area (Å²) < 4.78 is 18.1. The molecule has 0 heterocycles. The number of non-ortho nitro benzene ring substituents is 1. The van der Waals surface area contributed by atoms with Crippen LogP contribution in [-0.2, 0) is 9.36 Å². The monoisotopic (exact) mass is 541 g/mol. The lowest BCUT2D eigenvalue weighted by molar-refractivity contribution is -0.867. The number of anilines is 1. The third-order valence-electron chi connectivity index (χ3n) is 6.24. The van der Waals surface area contributed by atoms with Crippen LogP contribution in [0.2, 0.25) is 0 Å². The third-order valence-corrected chi connectivity index (χ3v) is 7.46. The van der Waals surface area contributed by atoms with E-state index >= 15 is 0 Å². The van der Waals surface area contributed by atoms with Crippen molar-refractivity contribution in [3.63, 3.8) is 0 Å². The van der Waals surface area contributed by atoms with Gasteiger partial charge in [-0.25, -0.2) is 0 Å². The summed E-state index contributed by atoms with van der Waals surface area (Å²) in [5, 5.41) is 13.8. The van der Waals surface area contributed by atoms with Crippen LogP contribution >= 0.6 is 7.60 Å². The maximum atomic E-state index is 12.5. The number of nitrogens with zero attached hydrogens (tertiary/aromatic N) is 2. The first-order valence-corrected chi connectivity index (χ1v) is 15.5. The zero-order valence-electron chi connectivity index (χ0n) is 23.3. The summed E-state index contributed by atoms with van der Waals surface area (Å²) in [5.74, 6) is -0.426. The average Bonchev–Trinajstić information content (AvgIpc) is 2.81. The number of rotatable bonds is 21. The Kier molecular flexibility index (Phi) is 15.7. The average molecular weight is 542 g/mol. The predicted molar refractivity (Wildman–Crippen MR) is 148 cm³/mol. The minimum Gasteiger partial charge on any atom is -0.769 e. The number of hydrogen-bond acceptors (Lipinski definition) is 6. The van der Waals surface area contributed by atoms with E-state index in [1.807, 2.05) is 21.1 Å². The maximum Gasteiger partial charge on any atom is 0.271 e. The van der Waals surface area contributed by atoms with Gasteiger partial charge < -0.3 is 19.2 Å². The normalized spacial score (nSPS) is 13.2. The van der Waals surface area contributed by atoms with Gasteiger partial charge in [-0.2, -0.15) is 0 Å². The molecule has 0 radical (unpaired) electrons. The number of carbonyl (C=O) groups excluding carboxylic acids is 1. The highest BCUT2D eigenvalue weighted by Crippen LogP contribution is 2.42. The summed E-state index contributed by atoms with van der Waals surface area (Å²) >= 11 is 0. The SMILES string of the molecule is CCCCCCCCCCCCCCCC(=O)Nc1cc([N+](=O)[O-])ccc1OP(=O)([O-])CC[N+](C)(C)C.